The van der Waals surface area contributed by atoms with Crippen LogP contribution in [0.25, 0.3) is 5.65 Å². The molecule has 4 rings (SSSR count). The molecule has 8 nitrogen and oxygen atoms in total. The van der Waals surface area contributed by atoms with Gasteiger partial charge in [-0.1, -0.05) is 6.07 Å². The smallest absolute Gasteiger partial charge is 0.223 e. The zero-order chi connectivity index (χ0) is 18.1. The number of anilines is 1. The summed E-state index contributed by atoms with van der Waals surface area (Å²) >= 11 is 0. The van der Waals surface area contributed by atoms with Crippen LogP contribution in [0.1, 0.15) is 30.8 Å². The topological polar surface area (TPSA) is 88.3 Å². The average molecular weight is 351 g/mol. The Balaban J connectivity index is 1.55. The van der Waals surface area contributed by atoms with Gasteiger partial charge in [-0.15, -0.1) is 15.3 Å². The first kappa shape index (κ1) is 16.4. The first-order chi connectivity index (χ1) is 12.7. The van der Waals surface area contributed by atoms with Gasteiger partial charge in [-0.2, -0.15) is 4.52 Å². The van der Waals surface area contributed by atoms with Crippen LogP contribution >= 0.6 is 0 Å². The zero-order valence-corrected chi connectivity index (χ0v) is 14.8. The van der Waals surface area contributed by atoms with E-state index in [0.717, 1.165) is 22.9 Å². The van der Waals surface area contributed by atoms with Crippen molar-refractivity contribution in [1.82, 2.24) is 29.7 Å². The van der Waals surface area contributed by atoms with E-state index < -0.39 is 0 Å². The minimum Gasteiger partial charge on any atom is -0.368 e. The fourth-order valence-corrected chi connectivity index (χ4v) is 3.65. The largest absolute Gasteiger partial charge is 0.368 e. The van der Waals surface area contributed by atoms with E-state index in [0.29, 0.717) is 19.5 Å². The number of likely N-dealkylation sites (tertiary alicyclic amines) is 1. The van der Waals surface area contributed by atoms with E-state index in [2.05, 4.69) is 25.6 Å². The van der Waals surface area contributed by atoms with Gasteiger partial charge in [-0.3, -0.25) is 9.78 Å². The Morgan fingerprint density at radius 1 is 1.27 bits per heavy atom. The number of carbonyl (C=O) groups is 1. The molecule has 0 unspecified atom stereocenters. The highest BCUT2D eigenvalue weighted by Gasteiger charge is 2.39. The molecule has 3 aromatic heterocycles. The van der Waals surface area contributed by atoms with Gasteiger partial charge in [0.15, 0.2) is 11.5 Å². The maximum atomic E-state index is 12.4. The Bertz CT molecular complexity index is 924. The Hall–Kier alpha value is -3.03. The quantitative estimate of drug-likeness (QED) is 0.755. The Labute approximate surface area is 151 Å². The lowest BCUT2D eigenvalue weighted by molar-refractivity contribution is -0.128. The van der Waals surface area contributed by atoms with Crippen molar-refractivity contribution in [2.45, 2.75) is 26.3 Å². The van der Waals surface area contributed by atoms with Crippen LogP contribution in [0.2, 0.25) is 0 Å². The van der Waals surface area contributed by atoms with E-state index in [4.69, 9.17) is 0 Å². The summed E-state index contributed by atoms with van der Waals surface area (Å²) in [7, 11) is 0. The van der Waals surface area contributed by atoms with Gasteiger partial charge in [-0.05, 0) is 37.6 Å². The van der Waals surface area contributed by atoms with Gasteiger partial charge in [0.05, 0.1) is 6.04 Å². The van der Waals surface area contributed by atoms with E-state index >= 15 is 0 Å². The molecule has 0 saturated carbocycles. The lowest BCUT2D eigenvalue weighted by Gasteiger charge is -2.27. The summed E-state index contributed by atoms with van der Waals surface area (Å²) in [5.74, 6) is 1.83. The average Bonchev–Trinajstić information content (AvgIpc) is 3.20. The van der Waals surface area contributed by atoms with E-state index in [1.807, 2.05) is 49.2 Å². The van der Waals surface area contributed by atoms with Gasteiger partial charge in [0.2, 0.25) is 5.91 Å². The molecule has 1 aliphatic heterocycles. The maximum Gasteiger partial charge on any atom is 0.223 e. The number of aryl methyl sites for hydroxylation is 1. The monoisotopic (exact) mass is 351 g/mol. The van der Waals surface area contributed by atoms with E-state index in [1.165, 1.54) is 0 Å². The van der Waals surface area contributed by atoms with Gasteiger partial charge in [0.25, 0.3) is 0 Å². The minimum atomic E-state index is 0.0362. The molecule has 3 aromatic rings. The highest BCUT2D eigenvalue weighted by atomic mass is 16.2. The lowest BCUT2D eigenvalue weighted by atomic mass is 9.94. The maximum absolute atomic E-state index is 12.4. The number of aromatic nitrogens is 5. The molecule has 1 amide bonds. The summed E-state index contributed by atoms with van der Waals surface area (Å²) in [6.07, 6.45) is 4.13. The third kappa shape index (κ3) is 2.87. The fourth-order valence-electron chi connectivity index (χ4n) is 3.65. The lowest BCUT2D eigenvalue weighted by Crippen LogP contribution is -2.30. The predicted molar refractivity (Wildman–Crippen MR) is 96.5 cm³/mol. The summed E-state index contributed by atoms with van der Waals surface area (Å²) in [6, 6.07) is 7.76. The van der Waals surface area contributed by atoms with Crippen LogP contribution in [0.15, 0.2) is 36.7 Å². The standard InChI is InChI=1S/C18H21N7O/c1-3-24-17(26)9-14(18(24)13-5-4-8-19-10-13)11-20-15-6-7-16-22-21-12(2)25(16)23-15/h4-8,10,14,18H,3,9,11H2,1-2H3,(H,20,23)/t14-,18-/m0/s1. The van der Waals surface area contributed by atoms with Crippen molar-refractivity contribution in [1.29, 1.82) is 0 Å². The molecule has 1 aliphatic rings. The normalized spacial score (nSPS) is 20.1. The number of pyridine rings is 1. The molecule has 8 heteroatoms. The number of nitrogens with one attached hydrogen (secondary N) is 1. The molecule has 26 heavy (non-hydrogen) atoms. The third-order valence-corrected chi connectivity index (χ3v) is 4.87. The van der Waals surface area contributed by atoms with Crippen LogP contribution in [-0.4, -0.2) is 48.7 Å². The molecule has 134 valence electrons. The van der Waals surface area contributed by atoms with Crippen LogP contribution < -0.4 is 5.32 Å². The number of hydrogen-bond acceptors (Lipinski definition) is 6. The van der Waals surface area contributed by atoms with Crippen molar-refractivity contribution >= 4 is 17.4 Å². The summed E-state index contributed by atoms with van der Waals surface area (Å²) in [6.45, 7) is 5.23. The first-order valence-corrected chi connectivity index (χ1v) is 8.79. The number of nitrogens with zero attached hydrogens (tertiary/aromatic N) is 6. The molecule has 0 radical (unpaired) electrons. The van der Waals surface area contributed by atoms with Gasteiger partial charge in [-0.25, -0.2) is 0 Å². The van der Waals surface area contributed by atoms with E-state index in [1.54, 1.807) is 10.7 Å². The number of hydrogen-bond donors (Lipinski definition) is 1. The number of rotatable bonds is 5. The number of carbonyl (C=O) groups excluding carboxylic acids is 1. The van der Waals surface area contributed by atoms with Crippen molar-refractivity contribution in [3.8, 4) is 0 Å². The fraction of sp³-hybridized carbons (Fsp3) is 0.389. The van der Waals surface area contributed by atoms with Crippen LogP contribution in [0.4, 0.5) is 5.82 Å². The van der Waals surface area contributed by atoms with E-state index in [-0.39, 0.29) is 17.9 Å². The molecular formula is C18H21N7O. The van der Waals surface area contributed by atoms with Crippen molar-refractivity contribution in [3.05, 3.63) is 48.0 Å². The number of fused-ring (bicyclic) bond motifs is 1. The van der Waals surface area contributed by atoms with Gasteiger partial charge >= 0.3 is 0 Å². The number of amides is 1. The van der Waals surface area contributed by atoms with Gasteiger partial charge in [0, 0.05) is 37.8 Å². The summed E-state index contributed by atoms with van der Waals surface area (Å²) in [4.78, 5) is 18.6. The highest BCUT2D eigenvalue weighted by Crippen LogP contribution is 2.37. The molecule has 2 atom stereocenters. The Morgan fingerprint density at radius 3 is 2.92 bits per heavy atom. The van der Waals surface area contributed by atoms with Crippen LogP contribution in [0, 0.1) is 12.8 Å². The second kappa shape index (κ2) is 6.70. The summed E-state index contributed by atoms with van der Waals surface area (Å²) in [5, 5.41) is 16.0. The summed E-state index contributed by atoms with van der Waals surface area (Å²) < 4.78 is 1.71. The third-order valence-electron chi connectivity index (χ3n) is 4.87. The van der Waals surface area contributed by atoms with Crippen LogP contribution in [0.5, 0.6) is 0 Å². The molecule has 0 aliphatic carbocycles. The second-order valence-electron chi connectivity index (χ2n) is 6.49. The molecule has 1 saturated heterocycles. The Morgan fingerprint density at radius 2 is 2.15 bits per heavy atom. The van der Waals surface area contributed by atoms with Crippen molar-refractivity contribution in [2.75, 3.05) is 18.4 Å². The van der Waals surface area contributed by atoms with Gasteiger partial charge in [0.1, 0.15) is 5.82 Å². The molecular weight excluding hydrogens is 330 g/mol. The molecule has 4 heterocycles. The van der Waals surface area contributed by atoms with Gasteiger partial charge < -0.3 is 10.2 Å². The van der Waals surface area contributed by atoms with E-state index in [9.17, 15) is 4.79 Å². The van der Waals surface area contributed by atoms with Crippen LogP contribution in [0.3, 0.4) is 0 Å². The van der Waals surface area contributed by atoms with Crippen LogP contribution in [-0.2, 0) is 4.79 Å². The SMILES string of the molecule is CCN1C(=O)C[C@@H](CNc2ccc3nnc(C)n3n2)[C@@H]1c1cccnc1. The first-order valence-electron chi connectivity index (χ1n) is 8.79. The zero-order valence-electron chi connectivity index (χ0n) is 14.8. The molecule has 0 spiro atoms. The Kier molecular flexibility index (Phi) is 4.24. The highest BCUT2D eigenvalue weighted by molar-refractivity contribution is 5.79. The second-order valence-corrected chi connectivity index (χ2v) is 6.49. The molecule has 0 bridgehead atoms. The molecule has 1 fully saturated rings. The predicted octanol–water partition coefficient (Wildman–Crippen LogP) is 1.85. The summed E-state index contributed by atoms with van der Waals surface area (Å²) in [5.41, 5.74) is 1.79. The van der Waals surface area contributed by atoms with Crippen molar-refractivity contribution in [2.24, 2.45) is 5.92 Å². The van der Waals surface area contributed by atoms with Crippen molar-refractivity contribution in [3.63, 3.8) is 0 Å². The van der Waals surface area contributed by atoms with Crippen molar-refractivity contribution < 1.29 is 4.79 Å². The molecule has 1 N–H and O–H groups in total. The minimum absolute atomic E-state index is 0.0362. The molecule has 0 aromatic carbocycles.